The van der Waals surface area contributed by atoms with E-state index in [4.69, 9.17) is 5.14 Å². The summed E-state index contributed by atoms with van der Waals surface area (Å²) in [6.07, 6.45) is 3.11. The van der Waals surface area contributed by atoms with Gasteiger partial charge < -0.3 is 14.9 Å². The monoisotopic (exact) mass is 370 g/mol. The normalized spacial score (nSPS) is 19.8. The standard InChI is InChI=1S/C16H26N4O4S/c1-16(2)9-12(11-20(16)15(21)22)5-4-8-19(3)14-7-6-13(10-18-14)25(17,23)24/h6-7,10,12H,4-5,8-9,11H2,1-3H3,(H,21,22)(H2,17,23,24). The van der Waals surface area contributed by atoms with Crippen LogP contribution >= 0.6 is 0 Å². The van der Waals surface area contributed by atoms with Gasteiger partial charge in [-0.3, -0.25) is 0 Å². The number of amides is 1. The van der Waals surface area contributed by atoms with E-state index in [1.807, 2.05) is 25.8 Å². The Morgan fingerprint density at radius 3 is 2.64 bits per heavy atom. The Balaban J connectivity index is 1.85. The molecule has 1 atom stereocenters. The van der Waals surface area contributed by atoms with Crippen LogP contribution in [0.1, 0.15) is 33.1 Å². The van der Waals surface area contributed by atoms with Crippen molar-refractivity contribution in [2.24, 2.45) is 11.1 Å². The third-order valence-corrected chi connectivity index (χ3v) is 5.64. The average molecular weight is 370 g/mol. The minimum atomic E-state index is -3.73. The zero-order valence-corrected chi connectivity index (χ0v) is 15.7. The summed E-state index contributed by atoms with van der Waals surface area (Å²) in [6, 6.07) is 3.07. The van der Waals surface area contributed by atoms with Gasteiger partial charge >= 0.3 is 6.09 Å². The molecule has 2 rings (SSSR count). The Morgan fingerprint density at radius 1 is 1.48 bits per heavy atom. The molecule has 8 nitrogen and oxygen atoms in total. The highest BCUT2D eigenvalue weighted by atomic mass is 32.2. The number of likely N-dealkylation sites (tertiary alicyclic amines) is 1. The molecule has 1 aliphatic rings. The van der Waals surface area contributed by atoms with Crippen molar-refractivity contribution in [1.29, 1.82) is 0 Å². The highest BCUT2D eigenvalue weighted by Crippen LogP contribution is 2.34. The van der Waals surface area contributed by atoms with Crippen LogP contribution in [0.15, 0.2) is 23.2 Å². The lowest BCUT2D eigenvalue weighted by atomic mass is 9.93. The molecule has 25 heavy (non-hydrogen) atoms. The van der Waals surface area contributed by atoms with Gasteiger partial charge in [-0.2, -0.15) is 0 Å². The fraction of sp³-hybridized carbons (Fsp3) is 0.625. The molecule has 9 heteroatoms. The first-order valence-corrected chi connectivity index (χ1v) is 9.76. The summed E-state index contributed by atoms with van der Waals surface area (Å²) >= 11 is 0. The number of pyridine rings is 1. The van der Waals surface area contributed by atoms with E-state index < -0.39 is 16.1 Å². The molecule has 1 fully saturated rings. The Labute approximate surface area is 148 Å². The Bertz CT molecular complexity index is 718. The second-order valence-corrected chi connectivity index (χ2v) is 8.80. The molecule has 2 heterocycles. The van der Waals surface area contributed by atoms with Crippen LogP contribution in [-0.4, -0.2) is 55.2 Å². The molecule has 1 saturated heterocycles. The number of aromatic nitrogens is 1. The van der Waals surface area contributed by atoms with Crippen LogP contribution in [0.2, 0.25) is 0 Å². The van der Waals surface area contributed by atoms with Gasteiger partial charge in [0.25, 0.3) is 0 Å². The quantitative estimate of drug-likeness (QED) is 0.787. The van der Waals surface area contributed by atoms with Gasteiger partial charge in [-0.25, -0.2) is 23.3 Å². The van der Waals surface area contributed by atoms with E-state index in [0.717, 1.165) is 25.8 Å². The number of anilines is 1. The van der Waals surface area contributed by atoms with Crippen LogP contribution in [0.25, 0.3) is 0 Å². The summed E-state index contributed by atoms with van der Waals surface area (Å²) in [6.45, 7) is 5.26. The van der Waals surface area contributed by atoms with Gasteiger partial charge in [0.15, 0.2) is 0 Å². The van der Waals surface area contributed by atoms with Gasteiger partial charge in [0, 0.05) is 31.9 Å². The van der Waals surface area contributed by atoms with Crippen LogP contribution in [-0.2, 0) is 10.0 Å². The number of nitrogens with zero attached hydrogens (tertiary/aromatic N) is 3. The smallest absolute Gasteiger partial charge is 0.407 e. The summed E-state index contributed by atoms with van der Waals surface area (Å²) in [7, 11) is -1.84. The molecule has 0 aromatic carbocycles. The van der Waals surface area contributed by atoms with Crippen LogP contribution in [0.3, 0.4) is 0 Å². The first-order chi connectivity index (χ1) is 11.5. The molecule has 1 unspecified atom stereocenters. The predicted molar refractivity (Wildman–Crippen MR) is 95.0 cm³/mol. The number of hydrogen-bond donors (Lipinski definition) is 2. The predicted octanol–water partition coefficient (Wildman–Crippen LogP) is 1.72. The van der Waals surface area contributed by atoms with E-state index >= 15 is 0 Å². The summed E-state index contributed by atoms with van der Waals surface area (Å²) < 4.78 is 22.5. The molecule has 0 saturated carbocycles. The van der Waals surface area contributed by atoms with Gasteiger partial charge in [0.2, 0.25) is 10.0 Å². The Morgan fingerprint density at radius 2 is 2.16 bits per heavy atom. The lowest BCUT2D eigenvalue weighted by molar-refractivity contribution is 0.117. The number of sulfonamides is 1. The first kappa shape index (κ1) is 19.5. The van der Waals surface area contributed by atoms with Crippen LogP contribution in [0.4, 0.5) is 10.6 Å². The average Bonchev–Trinajstić information content (AvgIpc) is 2.81. The Hall–Kier alpha value is -1.87. The van der Waals surface area contributed by atoms with Gasteiger partial charge in [0.1, 0.15) is 10.7 Å². The fourth-order valence-electron chi connectivity index (χ4n) is 3.42. The molecule has 0 aliphatic carbocycles. The number of carboxylic acid groups (broad SMARTS) is 1. The van der Waals surface area contributed by atoms with E-state index in [9.17, 15) is 18.3 Å². The SMILES string of the molecule is CN(CCCC1CN(C(=O)O)C(C)(C)C1)c1ccc(S(N)(=O)=O)cn1. The van der Waals surface area contributed by atoms with Crippen molar-refractivity contribution in [3.63, 3.8) is 0 Å². The molecule has 1 aromatic rings. The summed E-state index contributed by atoms with van der Waals surface area (Å²) in [5.41, 5.74) is -0.312. The van der Waals surface area contributed by atoms with Gasteiger partial charge in [-0.1, -0.05) is 0 Å². The van der Waals surface area contributed by atoms with Gasteiger partial charge in [-0.05, 0) is 51.2 Å². The van der Waals surface area contributed by atoms with Crippen LogP contribution < -0.4 is 10.0 Å². The first-order valence-electron chi connectivity index (χ1n) is 8.21. The number of rotatable bonds is 6. The van der Waals surface area contributed by atoms with Crippen molar-refractivity contribution < 1.29 is 18.3 Å². The molecule has 140 valence electrons. The van der Waals surface area contributed by atoms with Crippen molar-refractivity contribution in [2.75, 3.05) is 25.0 Å². The molecule has 0 radical (unpaired) electrons. The van der Waals surface area contributed by atoms with E-state index in [-0.39, 0.29) is 10.4 Å². The number of hydrogen-bond acceptors (Lipinski definition) is 5. The fourth-order valence-corrected chi connectivity index (χ4v) is 3.87. The van der Waals surface area contributed by atoms with Crippen LogP contribution in [0, 0.1) is 5.92 Å². The third-order valence-electron chi connectivity index (χ3n) is 4.74. The van der Waals surface area contributed by atoms with Crippen molar-refractivity contribution >= 4 is 21.9 Å². The highest BCUT2D eigenvalue weighted by Gasteiger charge is 2.40. The number of primary sulfonamides is 1. The molecular formula is C16H26N4O4S. The molecule has 1 aromatic heterocycles. The molecule has 1 amide bonds. The Kier molecular flexibility index (Phi) is 5.58. The zero-order chi connectivity index (χ0) is 18.8. The summed E-state index contributed by atoms with van der Waals surface area (Å²) in [5.74, 6) is 1.03. The number of carbonyl (C=O) groups is 1. The second-order valence-electron chi connectivity index (χ2n) is 7.24. The zero-order valence-electron chi connectivity index (χ0n) is 14.8. The molecular weight excluding hydrogens is 344 g/mol. The van der Waals surface area contributed by atoms with Crippen molar-refractivity contribution in [2.45, 2.75) is 43.5 Å². The van der Waals surface area contributed by atoms with E-state index in [1.54, 1.807) is 6.07 Å². The summed E-state index contributed by atoms with van der Waals surface area (Å²) in [4.78, 5) is 18.9. The van der Waals surface area contributed by atoms with E-state index in [0.29, 0.717) is 18.3 Å². The van der Waals surface area contributed by atoms with Gasteiger partial charge in [0.05, 0.1) is 0 Å². The van der Waals surface area contributed by atoms with Crippen molar-refractivity contribution in [3.8, 4) is 0 Å². The largest absolute Gasteiger partial charge is 0.465 e. The van der Waals surface area contributed by atoms with Crippen molar-refractivity contribution in [1.82, 2.24) is 9.88 Å². The third kappa shape index (κ3) is 4.82. The molecule has 0 spiro atoms. The highest BCUT2D eigenvalue weighted by molar-refractivity contribution is 7.89. The van der Waals surface area contributed by atoms with Crippen LogP contribution in [0.5, 0.6) is 0 Å². The van der Waals surface area contributed by atoms with E-state index in [1.165, 1.54) is 17.2 Å². The van der Waals surface area contributed by atoms with E-state index in [2.05, 4.69) is 4.98 Å². The maximum absolute atomic E-state index is 11.3. The minimum absolute atomic E-state index is 0.00778. The lowest BCUT2D eigenvalue weighted by Gasteiger charge is -2.28. The second kappa shape index (κ2) is 7.17. The molecule has 3 N–H and O–H groups in total. The van der Waals surface area contributed by atoms with Gasteiger partial charge in [-0.15, -0.1) is 0 Å². The molecule has 1 aliphatic heterocycles. The maximum atomic E-state index is 11.3. The van der Waals surface area contributed by atoms with Crippen molar-refractivity contribution in [3.05, 3.63) is 18.3 Å². The lowest BCUT2D eigenvalue weighted by Crippen LogP contribution is -2.41. The minimum Gasteiger partial charge on any atom is -0.465 e. The summed E-state index contributed by atoms with van der Waals surface area (Å²) in [5, 5.41) is 14.3. The molecule has 0 bridgehead atoms. The number of nitrogens with two attached hydrogens (primary N) is 1. The maximum Gasteiger partial charge on any atom is 0.407 e. The topological polar surface area (TPSA) is 117 Å².